The Morgan fingerprint density at radius 2 is 1.63 bits per heavy atom. The van der Waals surface area contributed by atoms with Crippen LogP contribution < -0.4 is 0 Å². The van der Waals surface area contributed by atoms with Crippen LogP contribution in [-0.2, 0) is 24.5 Å². The molecular formula is C30H40FN3O. The number of halogens is 1. The molecule has 1 saturated heterocycles. The monoisotopic (exact) mass is 477 g/mol. The van der Waals surface area contributed by atoms with Gasteiger partial charge in [0.15, 0.2) is 0 Å². The molecule has 1 aliphatic rings. The van der Waals surface area contributed by atoms with Crippen LogP contribution in [0.3, 0.4) is 0 Å². The summed E-state index contributed by atoms with van der Waals surface area (Å²) in [4.78, 5) is 10.4. The summed E-state index contributed by atoms with van der Waals surface area (Å²) >= 11 is 0. The fourth-order valence-electron chi connectivity index (χ4n) is 4.30. The van der Waals surface area contributed by atoms with E-state index in [0.29, 0.717) is 0 Å². The summed E-state index contributed by atoms with van der Waals surface area (Å²) in [5, 5.41) is 2.05. The van der Waals surface area contributed by atoms with Crippen molar-refractivity contribution >= 4 is 0 Å². The van der Waals surface area contributed by atoms with Crippen molar-refractivity contribution in [3.63, 3.8) is 0 Å². The summed E-state index contributed by atoms with van der Waals surface area (Å²) in [5.41, 5.74) is 5.80. The summed E-state index contributed by atoms with van der Waals surface area (Å²) < 4.78 is 13.9. The zero-order valence-electron chi connectivity index (χ0n) is 21.7. The smallest absolute Gasteiger partial charge is 0.123 e. The standard InChI is InChI=1S/C28H34FN3O.C2H6/c1-30(2)15-16-31(20-23-8-5-9-24(18-23)21-32-14-7-17-33-32)22-26-10-3-4-13-28(26)25-11-6-12-27(29)19-25;1-2/h3-6,8-13,18-19H,7,14-17,20-22H2,1-2H3;1-2H3. The van der Waals surface area contributed by atoms with Crippen LogP contribution in [0.4, 0.5) is 4.39 Å². The van der Waals surface area contributed by atoms with E-state index in [1.54, 1.807) is 12.1 Å². The van der Waals surface area contributed by atoms with E-state index in [2.05, 4.69) is 71.4 Å². The first-order valence-corrected chi connectivity index (χ1v) is 12.7. The molecule has 188 valence electrons. The summed E-state index contributed by atoms with van der Waals surface area (Å²) in [6.45, 7) is 10.2. The third-order valence-corrected chi connectivity index (χ3v) is 5.99. The van der Waals surface area contributed by atoms with Crippen LogP contribution in [0, 0.1) is 5.82 Å². The van der Waals surface area contributed by atoms with Gasteiger partial charge in [-0.05, 0) is 60.5 Å². The average molecular weight is 478 g/mol. The highest BCUT2D eigenvalue weighted by atomic mass is 19.1. The molecule has 1 fully saturated rings. The third-order valence-electron chi connectivity index (χ3n) is 5.99. The van der Waals surface area contributed by atoms with Gasteiger partial charge < -0.3 is 4.90 Å². The van der Waals surface area contributed by atoms with Gasteiger partial charge in [0.1, 0.15) is 5.82 Å². The van der Waals surface area contributed by atoms with Crippen LogP contribution in [0.1, 0.15) is 37.0 Å². The van der Waals surface area contributed by atoms with Gasteiger partial charge in [-0.15, -0.1) is 0 Å². The number of nitrogens with zero attached hydrogens (tertiary/aromatic N) is 3. The lowest BCUT2D eigenvalue weighted by Crippen LogP contribution is -2.31. The molecule has 0 amide bonds. The number of hydrogen-bond donors (Lipinski definition) is 0. The van der Waals surface area contributed by atoms with Crippen molar-refractivity contribution in [2.45, 2.75) is 39.9 Å². The molecule has 4 nitrogen and oxygen atoms in total. The van der Waals surface area contributed by atoms with Crippen molar-refractivity contribution in [3.05, 3.63) is 95.3 Å². The molecule has 0 unspecified atom stereocenters. The van der Waals surface area contributed by atoms with E-state index in [4.69, 9.17) is 4.84 Å². The molecule has 0 spiro atoms. The molecule has 0 aliphatic carbocycles. The Kier molecular flexibility index (Phi) is 10.9. The molecule has 5 heteroatoms. The van der Waals surface area contributed by atoms with E-state index in [9.17, 15) is 4.39 Å². The highest BCUT2D eigenvalue weighted by Gasteiger charge is 2.15. The van der Waals surface area contributed by atoms with Gasteiger partial charge in [-0.1, -0.05) is 74.5 Å². The fraction of sp³-hybridized carbons (Fsp3) is 0.400. The van der Waals surface area contributed by atoms with Crippen molar-refractivity contribution in [2.75, 3.05) is 40.3 Å². The first-order chi connectivity index (χ1) is 17.1. The minimum atomic E-state index is -0.203. The lowest BCUT2D eigenvalue weighted by molar-refractivity contribution is -0.117. The molecule has 0 N–H and O–H groups in total. The second-order valence-corrected chi connectivity index (χ2v) is 9.05. The summed E-state index contributed by atoms with van der Waals surface area (Å²) in [5.74, 6) is -0.203. The number of rotatable bonds is 10. The SMILES string of the molecule is CC.CN(C)CCN(Cc1cccc(CN2CCCO2)c1)Cc1ccccc1-c1cccc(F)c1. The highest BCUT2D eigenvalue weighted by Crippen LogP contribution is 2.26. The summed E-state index contributed by atoms with van der Waals surface area (Å²) in [6, 6.07) is 24.0. The van der Waals surface area contributed by atoms with Crippen molar-refractivity contribution in [1.29, 1.82) is 0 Å². The van der Waals surface area contributed by atoms with E-state index in [1.165, 1.54) is 22.8 Å². The topological polar surface area (TPSA) is 19.0 Å². The molecule has 3 aromatic carbocycles. The molecule has 35 heavy (non-hydrogen) atoms. The first-order valence-electron chi connectivity index (χ1n) is 12.7. The van der Waals surface area contributed by atoms with E-state index in [1.807, 2.05) is 26.0 Å². The van der Waals surface area contributed by atoms with Gasteiger partial charge in [-0.3, -0.25) is 9.74 Å². The lowest BCUT2D eigenvalue weighted by atomic mass is 9.99. The van der Waals surface area contributed by atoms with Gasteiger partial charge in [-0.2, -0.15) is 5.06 Å². The number of hydrogen-bond acceptors (Lipinski definition) is 4. The zero-order chi connectivity index (χ0) is 25.0. The average Bonchev–Trinajstić information content (AvgIpc) is 3.37. The molecule has 0 bridgehead atoms. The maximum absolute atomic E-state index is 13.9. The Bertz CT molecular complexity index is 1030. The van der Waals surface area contributed by atoms with Crippen molar-refractivity contribution < 1.29 is 9.23 Å². The van der Waals surface area contributed by atoms with Crippen molar-refractivity contribution in [3.8, 4) is 11.1 Å². The second-order valence-electron chi connectivity index (χ2n) is 9.05. The largest absolute Gasteiger partial charge is 0.308 e. The van der Waals surface area contributed by atoms with Gasteiger partial charge >= 0.3 is 0 Å². The Morgan fingerprint density at radius 3 is 2.37 bits per heavy atom. The molecule has 1 aliphatic heterocycles. The predicted molar refractivity (Wildman–Crippen MR) is 143 cm³/mol. The van der Waals surface area contributed by atoms with Crippen LogP contribution in [-0.4, -0.2) is 55.2 Å². The first kappa shape index (κ1) is 27.0. The summed E-state index contributed by atoms with van der Waals surface area (Å²) in [6.07, 6.45) is 1.10. The maximum Gasteiger partial charge on any atom is 0.123 e. The Morgan fingerprint density at radius 1 is 0.857 bits per heavy atom. The van der Waals surface area contributed by atoms with E-state index >= 15 is 0 Å². The van der Waals surface area contributed by atoms with Crippen molar-refractivity contribution in [2.24, 2.45) is 0 Å². The van der Waals surface area contributed by atoms with Crippen LogP contribution in [0.5, 0.6) is 0 Å². The quantitative estimate of drug-likeness (QED) is 0.345. The maximum atomic E-state index is 13.9. The summed E-state index contributed by atoms with van der Waals surface area (Å²) in [7, 11) is 4.21. The normalized spacial score (nSPS) is 13.8. The van der Waals surface area contributed by atoms with Gasteiger partial charge in [0, 0.05) is 39.3 Å². The minimum Gasteiger partial charge on any atom is -0.308 e. The van der Waals surface area contributed by atoms with E-state index < -0.39 is 0 Å². The molecule has 1 heterocycles. The third kappa shape index (κ3) is 8.55. The number of hydroxylamine groups is 2. The van der Waals surface area contributed by atoms with E-state index in [0.717, 1.165) is 63.4 Å². The Labute approximate surface area is 210 Å². The van der Waals surface area contributed by atoms with Crippen LogP contribution in [0.25, 0.3) is 11.1 Å². The predicted octanol–water partition coefficient (Wildman–Crippen LogP) is 6.22. The lowest BCUT2D eigenvalue weighted by Gasteiger charge is -2.26. The van der Waals surface area contributed by atoms with Crippen LogP contribution >= 0.6 is 0 Å². The molecule has 0 aromatic heterocycles. The minimum absolute atomic E-state index is 0.203. The van der Waals surface area contributed by atoms with Gasteiger partial charge in [-0.25, -0.2) is 4.39 Å². The number of likely N-dealkylation sites (N-methyl/N-ethyl adjacent to an activating group) is 1. The fourth-order valence-corrected chi connectivity index (χ4v) is 4.30. The number of benzene rings is 3. The molecule has 4 rings (SSSR count). The van der Waals surface area contributed by atoms with Crippen LogP contribution in [0.2, 0.25) is 0 Å². The Hall–Kier alpha value is -2.57. The Balaban J connectivity index is 0.00000167. The highest BCUT2D eigenvalue weighted by molar-refractivity contribution is 5.67. The van der Waals surface area contributed by atoms with Gasteiger partial charge in [0.25, 0.3) is 0 Å². The second kappa shape index (κ2) is 14.1. The molecule has 0 saturated carbocycles. The zero-order valence-corrected chi connectivity index (χ0v) is 21.7. The van der Waals surface area contributed by atoms with Gasteiger partial charge in [0.05, 0.1) is 6.61 Å². The van der Waals surface area contributed by atoms with Gasteiger partial charge in [0.2, 0.25) is 0 Å². The molecule has 0 atom stereocenters. The van der Waals surface area contributed by atoms with Crippen molar-refractivity contribution in [1.82, 2.24) is 14.9 Å². The van der Waals surface area contributed by atoms with Crippen LogP contribution in [0.15, 0.2) is 72.8 Å². The molecule has 3 aromatic rings. The molecule has 0 radical (unpaired) electrons. The van der Waals surface area contributed by atoms with E-state index in [-0.39, 0.29) is 5.82 Å². The molecular weight excluding hydrogens is 437 g/mol.